The van der Waals surface area contributed by atoms with Crippen LogP contribution in [0.15, 0.2) is 71.6 Å². The molecule has 1 unspecified atom stereocenters. The Labute approximate surface area is 171 Å². The van der Waals surface area contributed by atoms with Gasteiger partial charge in [-0.25, -0.2) is 4.39 Å². The molecule has 1 N–H and O–H groups in total. The van der Waals surface area contributed by atoms with Crippen LogP contribution in [0, 0.1) is 12.7 Å². The van der Waals surface area contributed by atoms with E-state index in [-0.39, 0.29) is 17.9 Å². The van der Waals surface area contributed by atoms with E-state index in [0.29, 0.717) is 5.56 Å². The first-order chi connectivity index (χ1) is 14.0. The molecule has 1 amide bonds. The van der Waals surface area contributed by atoms with Crippen LogP contribution in [0.1, 0.15) is 27.6 Å². The Morgan fingerprint density at radius 2 is 1.79 bits per heavy atom. The topological polar surface area (TPSA) is 57.6 Å². The minimum atomic E-state index is -0.739. The van der Waals surface area contributed by atoms with Crippen LogP contribution < -0.4 is 0 Å². The summed E-state index contributed by atoms with van der Waals surface area (Å²) in [6.45, 7) is 2.17. The molecule has 4 rings (SSSR count). The number of ketones is 1. The number of carbonyl (C=O) groups is 2. The summed E-state index contributed by atoms with van der Waals surface area (Å²) in [5, 5.41) is 12.8. The molecule has 0 radical (unpaired) electrons. The maximum atomic E-state index is 13.3. The van der Waals surface area contributed by atoms with Crippen molar-refractivity contribution in [2.45, 2.75) is 19.5 Å². The van der Waals surface area contributed by atoms with E-state index in [2.05, 4.69) is 0 Å². The lowest BCUT2D eigenvalue weighted by molar-refractivity contribution is -0.140. The fourth-order valence-electron chi connectivity index (χ4n) is 3.59. The predicted octanol–water partition coefficient (Wildman–Crippen LogP) is 4.82. The molecule has 6 heteroatoms. The van der Waals surface area contributed by atoms with Crippen molar-refractivity contribution in [3.8, 4) is 0 Å². The number of benzene rings is 2. The zero-order valence-corrected chi connectivity index (χ0v) is 16.4. The average molecular weight is 407 g/mol. The van der Waals surface area contributed by atoms with Crippen molar-refractivity contribution in [2.75, 3.05) is 0 Å². The normalized spacial score (nSPS) is 18.4. The summed E-state index contributed by atoms with van der Waals surface area (Å²) in [5.41, 5.74) is 1.99. The zero-order valence-electron chi connectivity index (χ0n) is 15.6. The molecule has 3 aromatic rings. The van der Waals surface area contributed by atoms with Crippen LogP contribution in [0.5, 0.6) is 0 Å². The van der Waals surface area contributed by atoms with Gasteiger partial charge in [-0.3, -0.25) is 9.59 Å². The van der Waals surface area contributed by atoms with Crippen molar-refractivity contribution < 1.29 is 19.1 Å². The number of halogens is 1. The molecule has 4 nitrogen and oxygen atoms in total. The zero-order chi connectivity index (χ0) is 20.5. The highest BCUT2D eigenvalue weighted by Gasteiger charge is 2.46. The van der Waals surface area contributed by atoms with Gasteiger partial charge in [-0.2, -0.15) is 0 Å². The minimum absolute atomic E-state index is 0.0208. The van der Waals surface area contributed by atoms with Gasteiger partial charge in [0.05, 0.1) is 18.2 Å². The van der Waals surface area contributed by atoms with Crippen molar-refractivity contribution in [3.63, 3.8) is 0 Å². The van der Waals surface area contributed by atoms with Gasteiger partial charge in [-0.15, -0.1) is 11.3 Å². The van der Waals surface area contributed by atoms with Crippen molar-refractivity contribution in [3.05, 3.63) is 99.0 Å². The van der Waals surface area contributed by atoms with Gasteiger partial charge in [0.1, 0.15) is 11.6 Å². The Kier molecular flexibility index (Phi) is 5.03. The number of aliphatic hydroxyl groups excluding tert-OH is 1. The third-order valence-electron chi connectivity index (χ3n) is 5.05. The van der Waals surface area contributed by atoms with E-state index in [1.807, 2.05) is 48.7 Å². The summed E-state index contributed by atoms with van der Waals surface area (Å²) in [6.07, 6.45) is 0. The number of amides is 1. The van der Waals surface area contributed by atoms with Crippen LogP contribution in [0.25, 0.3) is 5.76 Å². The lowest BCUT2D eigenvalue weighted by Gasteiger charge is -2.26. The van der Waals surface area contributed by atoms with E-state index < -0.39 is 23.5 Å². The Morgan fingerprint density at radius 3 is 2.45 bits per heavy atom. The largest absolute Gasteiger partial charge is 0.507 e. The molecule has 1 atom stereocenters. The number of thiophene rings is 1. The molecule has 1 fully saturated rings. The Bertz CT molecular complexity index is 1100. The van der Waals surface area contributed by atoms with E-state index >= 15 is 0 Å². The van der Waals surface area contributed by atoms with Gasteiger partial charge in [-0.1, -0.05) is 30.3 Å². The fraction of sp³-hybridized carbons (Fsp3) is 0.130. The van der Waals surface area contributed by atoms with E-state index in [1.54, 1.807) is 0 Å². The summed E-state index contributed by atoms with van der Waals surface area (Å²) < 4.78 is 13.3. The van der Waals surface area contributed by atoms with E-state index in [9.17, 15) is 19.1 Å². The van der Waals surface area contributed by atoms with E-state index in [1.165, 1.54) is 40.5 Å². The van der Waals surface area contributed by atoms with Crippen molar-refractivity contribution in [2.24, 2.45) is 0 Å². The molecule has 0 bridgehead atoms. The second kappa shape index (κ2) is 7.64. The standard InChI is InChI=1S/C23H18FNO3S/c1-14-5-2-3-7-18(14)20-19(21(26)15-8-10-16(24)11-9-15)22(27)23(28)25(20)13-17-6-4-12-29-17/h2-12,20,26H,13H2,1H3/b21-19-. The molecule has 1 saturated heterocycles. The Balaban J connectivity index is 1.89. The van der Waals surface area contributed by atoms with Crippen molar-refractivity contribution >= 4 is 28.8 Å². The SMILES string of the molecule is Cc1ccccc1C1/C(=C(/O)c2ccc(F)cc2)C(=O)C(=O)N1Cc1cccs1. The minimum Gasteiger partial charge on any atom is -0.507 e. The predicted molar refractivity (Wildman–Crippen MR) is 110 cm³/mol. The average Bonchev–Trinajstić information content (AvgIpc) is 3.31. The summed E-state index contributed by atoms with van der Waals surface area (Å²) >= 11 is 1.50. The van der Waals surface area contributed by atoms with Gasteiger partial charge in [0.25, 0.3) is 11.7 Å². The highest BCUT2D eigenvalue weighted by Crippen LogP contribution is 2.41. The Hall–Kier alpha value is -3.25. The number of hydrogen-bond acceptors (Lipinski definition) is 4. The fourth-order valence-corrected chi connectivity index (χ4v) is 4.30. The van der Waals surface area contributed by atoms with E-state index in [0.717, 1.165) is 16.0 Å². The van der Waals surface area contributed by atoms with Gasteiger partial charge in [-0.05, 0) is 53.8 Å². The number of likely N-dealkylation sites (tertiary alicyclic amines) is 1. The summed E-state index contributed by atoms with van der Waals surface area (Å²) in [7, 11) is 0. The third-order valence-corrected chi connectivity index (χ3v) is 5.91. The van der Waals surface area contributed by atoms with Crippen molar-refractivity contribution in [1.29, 1.82) is 0 Å². The monoisotopic (exact) mass is 407 g/mol. The molecule has 29 heavy (non-hydrogen) atoms. The highest BCUT2D eigenvalue weighted by atomic mass is 32.1. The quantitative estimate of drug-likeness (QED) is 0.383. The molecule has 2 heterocycles. The van der Waals surface area contributed by atoms with Gasteiger partial charge < -0.3 is 10.0 Å². The number of rotatable bonds is 4. The summed E-state index contributed by atoms with van der Waals surface area (Å²) in [5.74, 6) is -2.15. The molecule has 0 aliphatic carbocycles. The molecular weight excluding hydrogens is 389 g/mol. The number of nitrogens with zero attached hydrogens (tertiary/aromatic N) is 1. The van der Waals surface area contributed by atoms with Crippen LogP contribution in [0.4, 0.5) is 4.39 Å². The second-order valence-electron chi connectivity index (χ2n) is 6.87. The summed E-state index contributed by atoms with van der Waals surface area (Å²) in [6, 6.07) is 15.7. The van der Waals surface area contributed by atoms with Crippen LogP contribution in [0.3, 0.4) is 0 Å². The Morgan fingerprint density at radius 1 is 1.07 bits per heavy atom. The van der Waals surface area contributed by atoms with Gasteiger partial charge >= 0.3 is 0 Å². The van der Waals surface area contributed by atoms with Crippen LogP contribution in [0.2, 0.25) is 0 Å². The molecule has 2 aromatic carbocycles. The third kappa shape index (κ3) is 3.47. The smallest absolute Gasteiger partial charge is 0.295 e. The lowest BCUT2D eigenvalue weighted by atomic mass is 9.92. The van der Waals surface area contributed by atoms with Gasteiger partial charge in [0.15, 0.2) is 0 Å². The molecule has 0 spiro atoms. The summed E-state index contributed by atoms with van der Waals surface area (Å²) in [4.78, 5) is 28.3. The first-order valence-corrected chi connectivity index (χ1v) is 9.97. The molecule has 1 aliphatic rings. The molecule has 1 aromatic heterocycles. The van der Waals surface area contributed by atoms with Crippen LogP contribution in [-0.4, -0.2) is 21.7 Å². The molecular formula is C23H18FNO3S. The molecule has 0 saturated carbocycles. The first-order valence-electron chi connectivity index (χ1n) is 9.09. The van der Waals surface area contributed by atoms with Gasteiger partial charge in [0, 0.05) is 10.4 Å². The highest BCUT2D eigenvalue weighted by molar-refractivity contribution is 7.09. The maximum absolute atomic E-state index is 13.3. The van der Waals surface area contributed by atoms with Gasteiger partial charge in [0.2, 0.25) is 0 Å². The van der Waals surface area contributed by atoms with Crippen molar-refractivity contribution in [1.82, 2.24) is 4.90 Å². The number of aryl methyl sites for hydroxylation is 1. The number of Topliss-reactive ketones (excluding diaryl/α,β-unsaturated/α-hetero) is 1. The maximum Gasteiger partial charge on any atom is 0.295 e. The second-order valence-corrected chi connectivity index (χ2v) is 7.90. The number of carbonyl (C=O) groups excluding carboxylic acids is 2. The van der Waals surface area contributed by atoms with Crippen LogP contribution in [-0.2, 0) is 16.1 Å². The van der Waals surface area contributed by atoms with E-state index in [4.69, 9.17) is 0 Å². The number of hydrogen-bond donors (Lipinski definition) is 1. The first kappa shape index (κ1) is 19.1. The lowest BCUT2D eigenvalue weighted by Crippen LogP contribution is -2.29. The molecule has 1 aliphatic heterocycles. The number of aliphatic hydroxyl groups is 1. The van der Waals surface area contributed by atoms with Crippen LogP contribution >= 0.6 is 11.3 Å². The molecule has 146 valence electrons.